The molecule has 0 bridgehead atoms. The Kier molecular flexibility index (Phi) is 3.35. The molecule has 3 nitrogen and oxygen atoms in total. The molecule has 1 aromatic carbocycles. The van der Waals surface area contributed by atoms with E-state index in [2.05, 4.69) is 6.58 Å². The highest BCUT2D eigenvalue weighted by Gasteiger charge is 2.12. The first kappa shape index (κ1) is 11.1. The Balaban J connectivity index is 3.38. The van der Waals surface area contributed by atoms with Crippen LogP contribution in [0.5, 0.6) is 11.5 Å². The highest BCUT2D eigenvalue weighted by Crippen LogP contribution is 2.34. The summed E-state index contributed by atoms with van der Waals surface area (Å²) in [6.45, 7) is 5.55. The molecule has 0 unspecified atom stereocenters. The van der Waals surface area contributed by atoms with Gasteiger partial charge in [0.2, 0.25) is 0 Å². The Hall–Kier alpha value is -1.95. The third kappa shape index (κ3) is 1.94. The summed E-state index contributed by atoms with van der Waals surface area (Å²) in [6, 6.07) is 5.58. The van der Waals surface area contributed by atoms with E-state index in [-0.39, 0.29) is 0 Å². The van der Waals surface area contributed by atoms with Gasteiger partial charge in [0, 0.05) is 11.1 Å². The van der Waals surface area contributed by atoms with Crippen molar-refractivity contribution >= 4 is 5.57 Å². The van der Waals surface area contributed by atoms with Crippen molar-refractivity contribution in [3.63, 3.8) is 0 Å². The summed E-state index contributed by atoms with van der Waals surface area (Å²) < 4.78 is 10.4. The van der Waals surface area contributed by atoms with Gasteiger partial charge in [-0.1, -0.05) is 6.58 Å². The summed E-state index contributed by atoms with van der Waals surface area (Å²) in [7, 11) is 3.16. The monoisotopic (exact) mass is 203 g/mol. The van der Waals surface area contributed by atoms with Crippen molar-refractivity contribution in [2.75, 3.05) is 14.2 Å². The Bertz CT molecular complexity index is 430. The lowest BCUT2D eigenvalue weighted by Crippen LogP contribution is -1.96. The summed E-state index contributed by atoms with van der Waals surface area (Å²) >= 11 is 0. The van der Waals surface area contributed by atoms with E-state index in [0.29, 0.717) is 16.9 Å². The van der Waals surface area contributed by atoms with Gasteiger partial charge in [-0.25, -0.2) is 0 Å². The first-order valence-corrected chi connectivity index (χ1v) is 4.46. The minimum Gasteiger partial charge on any atom is -0.496 e. The maximum absolute atomic E-state index is 8.79. The fourth-order valence-corrected chi connectivity index (χ4v) is 1.46. The number of rotatable bonds is 3. The number of nitriles is 1. The molecule has 0 atom stereocenters. The van der Waals surface area contributed by atoms with Crippen LogP contribution in [-0.4, -0.2) is 14.2 Å². The molecule has 0 saturated carbocycles. The molecule has 3 heteroatoms. The van der Waals surface area contributed by atoms with Crippen LogP contribution >= 0.6 is 0 Å². The molecule has 1 aromatic rings. The van der Waals surface area contributed by atoms with E-state index in [1.165, 1.54) is 0 Å². The second-order valence-electron chi connectivity index (χ2n) is 3.06. The predicted octanol–water partition coefficient (Wildman–Crippen LogP) is 2.55. The van der Waals surface area contributed by atoms with Crippen LogP contribution in [0.15, 0.2) is 18.7 Å². The van der Waals surface area contributed by atoms with Gasteiger partial charge in [-0.05, 0) is 19.1 Å². The zero-order chi connectivity index (χ0) is 11.4. The smallest absolute Gasteiger partial charge is 0.133 e. The fourth-order valence-electron chi connectivity index (χ4n) is 1.46. The van der Waals surface area contributed by atoms with Gasteiger partial charge < -0.3 is 9.47 Å². The van der Waals surface area contributed by atoms with Gasteiger partial charge in [0.1, 0.15) is 11.5 Å². The Morgan fingerprint density at radius 2 is 2.00 bits per heavy atom. The number of benzene rings is 1. The summed E-state index contributed by atoms with van der Waals surface area (Å²) in [6.07, 6.45) is 0. The summed E-state index contributed by atoms with van der Waals surface area (Å²) in [5.41, 5.74) is 1.96. The van der Waals surface area contributed by atoms with Crippen molar-refractivity contribution in [1.82, 2.24) is 0 Å². The molecule has 78 valence electrons. The minimum absolute atomic E-state index is 0.387. The van der Waals surface area contributed by atoms with E-state index < -0.39 is 0 Å². The summed E-state index contributed by atoms with van der Waals surface area (Å²) in [5, 5.41) is 8.79. The van der Waals surface area contributed by atoms with Crippen molar-refractivity contribution in [1.29, 1.82) is 5.26 Å². The van der Waals surface area contributed by atoms with Gasteiger partial charge in [0.05, 0.1) is 25.9 Å². The fraction of sp³-hybridized carbons (Fsp3) is 0.250. The SMILES string of the molecule is C=C(C#N)c1ccc(OC)c(C)c1OC. The molecule has 0 aliphatic heterocycles. The highest BCUT2D eigenvalue weighted by atomic mass is 16.5. The normalized spacial score (nSPS) is 9.20. The number of nitrogens with zero attached hydrogens (tertiary/aromatic N) is 1. The number of hydrogen-bond acceptors (Lipinski definition) is 3. The van der Waals surface area contributed by atoms with Gasteiger partial charge in [-0.2, -0.15) is 5.26 Å². The van der Waals surface area contributed by atoms with Crippen LogP contribution in [0.3, 0.4) is 0 Å². The second-order valence-corrected chi connectivity index (χ2v) is 3.06. The lowest BCUT2D eigenvalue weighted by atomic mass is 10.0. The molecule has 0 spiro atoms. The van der Waals surface area contributed by atoms with Crippen LogP contribution < -0.4 is 9.47 Å². The van der Waals surface area contributed by atoms with E-state index >= 15 is 0 Å². The van der Waals surface area contributed by atoms with Crippen molar-refractivity contribution in [2.24, 2.45) is 0 Å². The van der Waals surface area contributed by atoms with E-state index in [4.69, 9.17) is 14.7 Å². The largest absolute Gasteiger partial charge is 0.496 e. The van der Waals surface area contributed by atoms with Gasteiger partial charge >= 0.3 is 0 Å². The van der Waals surface area contributed by atoms with Crippen LogP contribution in [0.2, 0.25) is 0 Å². The van der Waals surface area contributed by atoms with Crippen LogP contribution in [0, 0.1) is 18.3 Å². The first-order chi connectivity index (χ1) is 7.15. The van der Waals surface area contributed by atoms with E-state index in [1.54, 1.807) is 26.4 Å². The molecular weight excluding hydrogens is 190 g/mol. The number of ether oxygens (including phenoxy) is 2. The van der Waals surface area contributed by atoms with E-state index in [1.807, 2.05) is 13.0 Å². The molecule has 0 aliphatic rings. The number of methoxy groups -OCH3 is 2. The lowest BCUT2D eigenvalue weighted by Gasteiger charge is -2.13. The zero-order valence-corrected chi connectivity index (χ0v) is 9.13. The topological polar surface area (TPSA) is 42.2 Å². The third-order valence-electron chi connectivity index (χ3n) is 2.24. The quantitative estimate of drug-likeness (QED) is 0.709. The molecule has 0 N–H and O–H groups in total. The van der Waals surface area contributed by atoms with E-state index in [0.717, 1.165) is 11.3 Å². The summed E-state index contributed by atoms with van der Waals surface area (Å²) in [5.74, 6) is 1.38. The molecule has 15 heavy (non-hydrogen) atoms. The molecular formula is C12H13NO2. The molecule has 0 radical (unpaired) electrons. The predicted molar refractivity (Wildman–Crippen MR) is 58.9 cm³/mol. The molecule has 0 aliphatic carbocycles. The maximum atomic E-state index is 8.79. The van der Waals surface area contributed by atoms with Crippen molar-refractivity contribution in [3.8, 4) is 17.6 Å². The van der Waals surface area contributed by atoms with E-state index in [9.17, 15) is 0 Å². The van der Waals surface area contributed by atoms with Crippen LogP contribution in [0.1, 0.15) is 11.1 Å². The van der Waals surface area contributed by atoms with Crippen molar-refractivity contribution < 1.29 is 9.47 Å². The Labute approximate surface area is 89.6 Å². The molecule has 1 rings (SSSR count). The highest BCUT2D eigenvalue weighted by molar-refractivity contribution is 5.80. The zero-order valence-electron chi connectivity index (χ0n) is 9.13. The van der Waals surface area contributed by atoms with Crippen molar-refractivity contribution in [2.45, 2.75) is 6.92 Å². The molecule has 0 aromatic heterocycles. The number of allylic oxidation sites excluding steroid dienone is 1. The van der Waals surface area contributed by atoms with Gasteiger partial charge in [0.15, 0.2) is 0 Å². The molecule has 0 amide bonds. The van der Waals surface area contributed by atoms with Crippen LogP contribution in [0.4, 0.5) is 0 Å². The maximum Gasteiger partial charge on any atom is 0.133 e. The lowest BCUT2D eigenvalue weighted by molar-refractivity contribution is 0.388. The molecule has 0 saturated heterocycles. The minimum atomic E-state index is 0.387. The second kappa shape index (κ2) is 4.52. The average molecular weight is 203 g/mol. The summed E-state index contributed by atoms with van der Waals surface area (Å²) in [4.78, 5) is 0. The van der Waals surface area contributed by atoms with Crippen LogP contribution in [0.25, 0.3) is 5.57 Å². The standard InChI is InChI=1S/C12H13NO2/c1-8(7-13)10-5-6-11(14-3)9(2)12(10)15-4/h5-6H,1H2,2-4H3. The van der Waals surface area contributed by atoms with Gasteiger partial charge in [-0.15, -0.1) is 0 Å². The molecule has 0 fully saturated rings. The van der Waals surface area contributed by atoms with Gasteiger partial charge in [-0.3, -0.25) is 0 Å². The Morgan fingerprint density at radius 3 is 2.47 bits per heavy atom. The number of hydrogen-bond donors (Lipinski definition) is 0. The van der Waals surface area contributed by atoms with Crippen LogP contribution in [-0.2, 0) is 0 Å². The first-order valence-electron chi connectivity index (χ1n) is 4.46. The molecule has 0 heterocycles. The van der Waals surface area contributed by atoms with Gasteiger partial charge in [0.25, 0.3) is 0 Å². The van der Waals surface area contributed by atoms with Crippen molar-refractivity contribution in [3.05, 3.63) is 29.8 Å². The average Bonchev–Trinajstić information content (AvgIpc) is 2.27. The third-order valence-corrected chi connectivity index (χ3v) is 2.24. The Morgan fingerprint density at radius 1 is 1.33 bits per heavy atom.